The van der Waals surface area contributed by atoms with Crippen LogP contribution in [0.2, 0.25) is 0 Å². The molecule has 2 aromatic carbocycles. The van der Waals surface area contributed by atoms with Crippen LogP contribution in [0.1, 0.15) is 5.56 Å². The molecule has 88 valence electrons. The van der Waals surface area contributed by atoms with Crippen molar-refractivity contribution in [3.05, 3.63) is 60.2 Å². The van der Waals surface area contributed by atoms with Crippen molar-refractivity contribution in [1.82, 2.24) is 0 Å². The van der Waals surface area contributed by atoms with E-state index >= 15 is 0 Å². The summed E-state index contributed by atoms with van der Waals surface area (Å²) in [6.07, 6.45) is 3.25. The van der Waals surface area contributed by atoms with Crippen LogP contribution in [0.15, 0.2) is 54.6 Å². The van der Waals surface area contributed by atoms with Gasteiger partial charge < -0.3 is 4.74 Å². The van der Waals surface area contributed by atoms with Gasteiger partial charge in [-0.25, -0.2) is 0 Å². The van der Waals surface area contributed by atoms with Crippen molar-refractivity contribution in [2.75, 3.05) is 7.11 Å². The average molecular weight is 235 g/mol. The Balaban J connectivity index is 2.35. The number of allylic oxidation sites excluding steroid dienone is 1. The van der Waals surface area contributed by atoms with Gasteiger partial charge in [0, 0.05) is 11.6 Å². The summed E-state index contributed by atoms with van der Waals surface area (Å²) in [5.41, 5.74) is 3.17. The maximum absolute atomic E-state index is 8.48. The van der Waals surface area contributed by atoms with E-state index in [1.165, 1.54) is 6.08 Å². The lowest BCUT2D eigenvalue weighted by Gasteiger charge is -2.08. The molecule has 0 atom stereocenters. The molecule has 0 aromatic heterocycles. The Bertz CT molecular complexity index is 591. The summed E-state index contributed by atoms with van der Waals surface area (Å²) in [6.45, 7) is 0. The molecule has 0 radical (unpaired) electrons. The van der Waals surface area contributed by atoms with Crippen molar-refractivity contribution >= 4 is 6.08 Å². The molecule has 0 aliphatic carbocycles. The maximum atomic E-state index is 8.48. The topological polar surface area (TPSA) is 33.0 Å². The number of benzene rings is 2. The molecular weight excluding hydrogens is 222 g/mol. The molecule has 2 rings (SSSR count). The van der Waals surface area contributed by atoms with Gasteiger partial charge in [0.2, 0.25) is 0 Å². The van der Waals surface area contributed by atoms with E-state index in [1.807, 2.05) is 54.6 Å². The van der Waals surface area contributed by atoms with Crippen molar-refractivity contribution in [2.45, 2.75) is 0 Å². The van der Waals surface area contributed by atoms with E-state index in [1.54, 1.807) is 13.2 Å². The Morgan fingerprint density at radius 3 is 2.44 bits per heavy atom. The minimum absolute atomic E-state index is 0.859. The van der Waals surface area contributed by atoms with E-state index in [0.29, 0.717) is 0 Å². The summed E-state index contributed by atoms with van der Waals surface area (Å²) in [4.78, 5) is 0. The van der Waals surface area contributed by atoms with Crippen LogP contribution < -0.4 is 4.74 Å². The highest BCUT2D eigenvalue weighted by Gasteiger charge is 2.03. The van der Waals surface area contributed by atoms with Crippen LogP contribution in [-0.4, -0.2) is 7.11 Å². The predicted molar refractivity (Wildman–Crippen MR) is 73.1 cm³/mol. The third kappa shape index (κ3) is 2.58. The van der Waals surface area contributed by atoms with Gasteiger partial charge in [-0.2, -0.15) is 5.26 Å². The molecule has 18 heavy (non-hydrogen) atoms. The van der Waals surface area contributed by atoms with Crippen LogP contribution in [0.25, 0.3) is 17.2 Å². The van der Waals surface area contributed by atoms with E-state index in [4.69, 9.17) is 10.00 Å². The normalized spacial score (nSPS) is 10.2. The van der Waals surface area contributed by atoms with Gasteiger partial charge in [0.1, 0.15) is 5.75 Å². The van der Waals surface area contributed by atoms with Gasteiger partial charge in [-0.3, -0.25) is 0 Å². The minimum Gasteiger partial charge on any atom is -0.496 e. The standard InChI is InChI=1S/C16H13NO/c1-18-16-7-3-2-6-15(16)14-10-8-13(9-11-14)5-4-12-17/h2-11H,1H3. The van der Waals surface area contributed by atoms with Crippen molar-refractivity contribution in [1.29, 1.82) is 5.26 Å². The summed E-state index contributed by atoms with van der Waals surface area (Å²) in [5.74, 6) is 0.859. The van der Waals surface area contributed by atoms with E-state index in [0.717, 1.165) is 22.4 Å². The lowest BCUT2D eigenvalue weighted by atomic mass is 10.0. The Morgan fingerprint density at radius 1 is 1.06 bits per heavy atom. The van der Waals surface area contributed by atoms with Gasteiger partial charge in [0.25, 0.3) is 0 Å². The second-order valence-corrected chi connectivity index (χ2v) is 3.78. The first-order valence-electron chi connectivity index (χ1n) is 5.65. The van der Waals surface area contributed by atoms with Crippen LogP contribution in [0.3, 0.4) is 0 Å². The number of nitriles is 1. The molecule has 0 heterocycles. The maximum Gasteiger partial charge on any atom is 0.126 e. The third-order valence-corrected chi connectivity index (χ3v) is 2.68. The monoisotopic (exact) mass is 235 g/mol. The lowest BCUT2D eigenvalue weighted by Crippen LogP contribution is -1.87. The number of rotatable bonds is 3. The molecule has 2 aromatic rings. The number of methoxy groups -OCH3 is 1. The van der Waals surface area contributed by atoms with Crippen molar-refractivity contribution in [3.63, 3.8) is 0 Å². The third-order valence-electron chi connectivity index (χ3n) is 2.68. The first-order chi connectivity index (χ1) is 8.85. The molecule has 0 amide bonds. The molecule has 0 fully saturated rings. The first kappa shape index (κ1) is 11.9. The molecule has 2 nitrogen and oxygen atoms in total. The molecular formula is C16H13NO. The second-order valence-electron chi connectivity index (χ2n) is 3.78. The van der Waals surface area contributed by atoms with Crippen molar-refractivity contribution in [2.24, 2.45) is 0 Å². The predicted octanol–water partition coefficient (Wildman–Crippen LogP) is 3.90. The summed E-state index contributed by atoms with van der Waals surface area (Å²) in [6, 6.07) is 17.9. The van der Waals surface area contributed by atoms with E-state index in [9.17, 15) is 0 Å². The Labute approximate surface area is 107 Å². The highest BCUT2D eigenvalue weighted by molar-refractivity contribution is 5.71. The number of hydrogen-bond donors (Lipinski definition) is 0. The van der Waals surface area contributed by atoms with Crippen LogP contribution in [-0.2, 0) is 0 Å². The van der Waals surface area contributed by atoms with E-state index in [-0.39, 0.29) is 0 Å². The van der Waals surface area contributed by atoms with Crippen molar-refractivity contribution < 1.29 is 4.74 Å². The zero-order chi connectivity index (χ0) is 12.8. The number of para-hydroxylation sites is 1. The Morgan fingerprint density at radius 2 is 1.78 bits per heavy atom. The first-order valence-corrected chi connectivity index (χ1v) is 5.65. The van der Waals surface area contributed by atoms with Crippen LogP contribution in [0.5, 0.6) is 5.75 Å². The molecule has 0 aliphatic rings. The molecule has 0 saturated carbocycles. The Kier molecular flexibility index (Phi) is 3.78. The highest BCUT2D eigenvalue weighted by Crippen LogP contribution is 2.29. The number of ether oxygens (including phenoxy) is 1. The molecule has 0 aliphatic heterocycles. The summed E-state index contributed by atoms with van der Waals surface area (Å²) in [7, 11) is 1.67. The van der Waals surface area contributed by atoms with Gasteiger partial charge in [-0.05, 0) is 23.3 Å². The quantitative estimate of drug-likeness (QED) is 0.756. The van der Waals surface area contributed by atoms with Crippen LogP contribution in [0.4, 0.5) is 0 Å². The van der Waals surface area contributed by atoms with Gasteiger partial charge in [0.15, 0.2) is 0 Å². The number of nitrogens with zero attached hydrogens (tertiary/aromatic N) is 1. The lowest BCUT2D eigenvalue weighted by molar-refractivity contribution is 0.416. The zero-order valence-corrected chi connectivity index (χ0v) is 10.1. The average Bonchev–Trinajstić information content (AvgIpc) is 2.45. The SMILES string of the molecule is COc1ccccc1-c1ccc(C=CC#N)cc1. The van der Waals surface area contributed by atoms with Crippen molar-refractivity contribution in [3.8, 4) is 22.9 Å². The van der Waals surface area contributed by atoms with E-state index < -0.39 is 0 Å². The fourth-order valence-corrected chi connectivity index (χ4v) is 1.79. The summed E-state index contributed by atoms with van der Waals surface area (Å²) in [5, 5.41) is 8.48. The fraction of sp³-hybridized carbons (Fsp3) is 0.0625. The second kappa shape index (κ2) is 5.70. The molecule has 0 unspecified atom stereocenters. The largest absolute Gasteiger partial charge is 0.496 e. The summed E-state index contributed by atoms with van der Waals surface area (Å²) < 4.78 is 5.34. The smallest absolute Gasteiger partial charge is 0.126 e. The van der Waals surface area contributed by atoms with E-state index in [2.05, 4.69) is 0 Å². The van der Waals surface area contributed by atoms with Crippen LogP contribution in [0, 0.1) is 11.3 Å². The van der Waals surface area contributed by atoms with Gasteiger partial charge in [-0.15, -0.1) is 0 Å². The molecule has 0 bridgehead atoms. The molecule has 0 saturated heterocycles. The fourth-order valence-electron chi connectivity index (χ4n) is 1.79. The summed E-state index contributed by atoms with van der Waals surface area (Å²) >= 11 is 0. The minimum atomic E-state index is 0.859. The zero-order valence-electron chi connectivity index (χ0n) is 10.1. The van der Waals surface area contributed by atoms with Gasteiger partial charge in [-0.1, -0.05) is 42.5 Å². The van der Waals surface area contributed by atoms with Gasteiger partial charge >= 0.3 is 0 Å². The molecule has 2 heteroatoms. The van der Waals surface area contributed by atoms with Crippen LogP contribution >= 0.6 is 0 Å². The van der Waals surface area contributed by atoms with Gasteiger partial charge in [0.05, 0.1) is 13.2 Å². The molecule has 0 spiro atoms. The number of hydrogen-bond acceptors (Lipinski definition) is 2. The molecule has 0 N–H and O–H groups in total. The Hall–Kier alpha value is -2.53. The highest BCUT2D eigenvalue weighted by atomic mass is 16.5.